The van der Waals surface area contributed by atoms with Gasteiger partial charge in [-0.25, -0.2) is 4.39 Å². The molecule has 0 saturated heterocycles. The number of aliphatic hydroxyl groups excluding tert-OH is 1. The maximum atomic E-state index is 13.7. The van der Waals surface area contributed by atoms with Gasteiger partial charge in [-0.1, -0.05) is 6.07 Å². The Bertz CT molecular complexity index is 374. The minimum atomic E-state index is -0.760. The van der Waals surface area contributed by atoms with Gasteiger partial charge in [-0.05, 0) is 38.8 Å². The average Bonchev–Trinajstić information content (AvgIpc) is 3.02. The van der Waals surface area contributed by atoms with Gasteiger partial charge in [0.05, 0.1) is 6.10 Å². The zero-order valence-corrected chi connectivity index (χ0v) is 9.78. The molecule has 2 rings (SSSR count). The Morgan fingerprint density at radius 3 is 2.69 bits per heavy atom. The van der Waals surface area contributed by atoms with Crippen LogP contribution in [-0.4, -0.2) is 17.7 Å². The molecule has 0 amide bonds. The first-order valence-corrected chi connectivity index (χ1v) is 5.88. The molecular weight excluding hydrogens is 205 g/mol. The highest BCUT2D eigenvalue weighted by Crippen LogP contribution is 2.36. The third kappa shape index (κ3) is 2.05. The van der Waals surface area contributed by atoms with Crippen LogP contribution in [0.5, 0.6) is 0 Å². The van der Waals surface area contributed by atoms with E-state index >= 15 is 0 Å². The van der Waals surface area contributed by atoms with Crippen molar-refractivity contribution in [3.63, 3.8) is 0 Å². The van der Waals surface area contributed by atoms with E-state index in [9.17, 15) is 9.50 Å². The first kappa shape index (κ1) is 11.4. The van der Waals surface area contributed by atoms with E-state index in [1.54, 1.807) is 13.0 Å². The number of hydrogen-bond donors (Lipinski definition) is 1. The molecule has 1 aliphatic carbocycles. The van der Waals surface area contributed by atoms with E-state index in [0.29, 0.717) is 11.6 Å². The van der Waals surface area contributed by atoms with E-state index in [-0.39, 0.29) is 5.82 Å². The van der Waals surface area contributed by atoms with Gasteiger partial charge in [0.25, 0.3) is 0 Å². The normalized spacial score (nSPS) is 17.2. The molecule has 1 fully saturated rings. The highest BCUT2D eigenvalue weighted by atomic mass is 19.1. The van der Waals surface area contributed by atoms with Crippen molar-refractivity contribution < 1.29 is 9.50 Å². The smallest absolute Gasteiger partial charge is 0.131 e. The predicted octanol–water partition coefficient (Wildman–Crippen LogP) is 2.87. The highest BCUT2D eigenvalue weighted by Gasteiger charge is 2.30. The van der Waals surface area contributed by atoms with Crippen LogP contribution in [0.4, 0.5) is 10.1 Å². The van der Waals surface area contributed by atoms with Gasteiger partial charge in [0.2, 0.25) is 0 Å². The number of benzene rings is 1. The molecule has 1 saturated carbocycles. The van der Waals surface area contributed by atoms with Crippen LogP contribution in [-0.2, 0) is 0 Å². The summed E-state index contributed by atoms with van der Waals surface area (Å²) in [5.41, 5.74) is 1.27. The van der Waals surface area contributed by atoms with Crippen molar-refractivity contribution in [2.45, 2.75) is 38.8 Å². The van der Waals surface area contributed by atoms with Crippen molar-refractivity contribution in [1.29, 1.82) is 0 Å². The molecule has 2 nitrogen and oxygen atoms in total. The Hall–Kier alpha value is -1.09. The second kappa shape index (κ2) is 4.42. The Labute approximate surface area is 95.7 Å². The van der Waals surface area contributed by atoms with E-state index < -0.39 is 6.10 Å². The highest BCUT2D eigenvalue weighted by molar-refractivity contribution is 5.56. The minimum absolute atomic E-state index is 0.313. The van der Waals surface area contributed by atoms with Crippen LogP contribution in [0, 0.1) is 5.82 Å². The Balaban J connectivity index is 2.41. The molecule has 1 atom stereocenters. The summed E-state index contributed by atoms with van der Waals surface area (Å²) in [5, 5.41) is 9.67. The molecule has 1 aliphatic rings. The number of rotatable bonds is 4. The molecule has 3 heteroatoms. The van der Waals surface area contributed by atoms with Crippen molar-refractivity contribution in [2.24, 2.45) is 0 Å². The summed E-state index contributed by atoms with van der Waals surface area (Å²) in [7, 11) is 0. The van der Waals surface area contributed by atoms with Crippen LogP contribution in [0.25, 0.3) is 0 Å². The van der Waals surface area contributed by atoms with Gasteiger partial charge >= 0.3 is 0 Å². The molecule has 16 heavy (non-hydrogen) atoms. The van der Waals surface area contributed by atoms with E-state index in [4.69, 9.17) is 0 Å². The van der Waals surface area contributed by atoms with Crippen LogP contribution in [0.15, 0.2) is 18.2 Å². The first-order valence-electron chi connectivity index (χ1n) is 5.88. The molecule has 0 heterocycles. The number of hydrogen-bond acceptors (Lipinski definition) is 2. The summed E-state index contributed by atoms with van der Waals surface area (Å²) < 4.78 is 13.7. The summed E-state index contributed by atoms with van der Waals surface area (Å²) in [5.74, 6) is -0.313. The first-order chi connectivity index (χ1) is 7.65. The van der Waals surface area contributed by atoms with Gasteiger partial charge in [0, 0.05) is 23.8 Å². The number of halogens is 1. The lowest BCUT2D eigenvalue weighted by Gasteiger charge is -2.26. The Morgan fingerprint density at radius 2 is 2.19 bits per heavy atom. The SMILES string of the molecule is CCN(c1cccc(F)c1[C@H](C)O)C1CC1. The molecule has 0 bridgehead atoms. The average molecular weight is 223 g/mol. The fourth-order valence-electron chi connectivity index (χ4n) is 2.20. The summed E-state index contributed by atoms with van der Waals surface area (Å²) in [4.78, 5) is 2.19. The van der Waals surface area contributed by atoms with Crippen molar-refractivity contribution in [3.05, 3.63) is 29.6 Å². The molecule has 1 aromatic carbocycles. The molecule has 0 unspecified atom stereocenters. The van der Waals surface area contributed by atoms with Gasteiger partial charge in [-0.2, -0.15) is 0 Å². The monoisotopic (exact) mass is 223 g/mol. The lowest BCUT2D eigenvalue weighted by atomic mass is 10.1. The van der Waals surface area contributed by atoms with Crippen molar-refractivity contribution in [2.75, 3.05) is 11.4 Å². The van der Waals surface area contributed by atoms with E-state index in [2.05, 4.69) is 11.8 Å². The molecular formula is C13H18FNO. The molecule has 0 radical (unpaired) electrons. The Morgan fingerprint density at radius 1 is 1.50 bits per heavy atom. The summed E-state index contributed by atoms with van der Waals surface area (Å²) in [6, 6.07) is 5.55. The van der Waals surface area contributed by atoms with Crippen molar-refractivity contribution in [1.82, 2.24) is 0 Å². The van der Waals surface area contributed by atoms with Crippen molar-refractivity contribution >= 4 is 5.69 Å². The molecule has 0 aliphatic heterocycles. The number of aliphatic hydroxyl groups is 1. The van der Waals surface area contributed by atoms with Crippen LogP contribution in [0.1, 0.15) is 38.4 Å². The Kier molecular flexibility index (Phi) is 3.15. The van der Waals surface area contributed by atoms with E-state index in [1.165, 1.54) is 18.9 Å². The maximum Gasteiger partial charge on any atom is 0.131 e. The molecule has 0 aromatic heterocycles. The van der Waals surface area contributed by atoms with Gasteiger partial charge in [0.15, 0.2) is 0 Å². The number of nitrogens with zero attached hydrogens (tertiary/aromatic N) is 1. The largest absolute Gasteiger partial charge is 0.389 e. The summed E-state index contributed by atoms with van der Waals surface area (Å²) >= 11 is 0. The van der Waals surface area contributed by atoms with Gasteiger partial charge in [-0.15, -0.1) is 0 Å². The lowest BCUT2D eigenvalue weighted by molar-refractivity contribution is 0.194. The molecule has 88 valence electrons. The second-order valence-corrected chi connectivity index (χ2v) is 4.37. The lowest BCUT2D eigenvalue weighted by Crippen LogP contribution is -2.26. The molecule has 1 aromatic rings. The molecule has 1 N–H and O–H groups in total. The molecule has 0 spiro atoms. The maximum absolute atomic E-state index is 13.7. The van der Waals surface area contributed by atoms with Gasteiger partial charge in [-0.3, -0.25) is 0 Å². The fourth-order valence-corrected chi connectivity index (χ4v) is 2.20. The quantitative estimate of drug-likeness (QED) is 0.848. The van der Waals surface area contributed by atoms with Crippen molar-refractivity contribution in [3.8, 4) is 0 Å². The van der Waals surface area contributed by atoms with Gasteiger partial charge < -0.3 is 10.0 Å². The van der Waals surface area contributed by atoms with E-state index in [1.807, 2.05) is 6.07 Å². The fraction of sp³-hybridized carbons (Fsp3) is 0.538. The zero-order chi connectivity index (χ0) is 11.7. The minimum Gasteiger partial charge on any atom is -0.389 e. The van der Waals surface area contributed by atoms with Gasteiger partial charge in [0.1, 0.15) is 5.82 Å². The van der Waals surface area contributed by atoms with Crippen LogP contribution in [0.2, 0.25) is 0 Å². The van der Waals surface area contributed by atoms with Crippen LogP contribution >= 0.6 is 0 Å². The predicted molar refractivity (Wildman–Crippen MR) is 63.1 cm³/mol. The number of anilines is 1. The van der Waals surface area contributed by atoms with Crippen LogP contribution < -0.4 is 4.90 Å². The second-order valence-electron chi connectivity index (χ2n) is 4.37. The van der Waals surface area contributed by atoms with E-state index in [0.717, 1.165) is 12.2 Å². The third-order valence-corrected chi connectivity index (χ3v) is 3.09. The standard InChI is InChI=1S/C13H18FNO/c1-3-15(10-7-8-10)12-6-4-5-11(14)13(12)9(2)16/h4-6,9-10,16H,3,7-8H2,1-2H3/t9-/m0/s1. The summed E-state index contributed by atoms with van der Waals surface area (Å²) in [6.45, 7) is 4.53. The zero-order valence-electron chi connectivity index (χ0n) is 9.78. The topological polar surface area (TPSA) is 23.5 Å². The third-order valence-electron chi connectivity index (χ3n) is 3.09. The summed E-state index contributed by atoms with van der Waals surface area (Å²) in [6.07, 6.45) is 1.58. The van der Waals surface area contributed by atoms with Crippen LogP contribution in [0.3, 0.4) is 0 Å².